The van der Waals surface area contributed by atoms with Gasteiger partial charge in [0.1, 0.15) is 0 Å². The van der Waals surface area contributed by atoms with Crippen molar-refractivity contribution in [3.8, 4) is 0 Å². The van der Waals surface area contributed by atoms with Gasteiger partial charge < -0.3 is 9.80 Å². The number of halogens is 1. The van der Waals surface area contributed by atoms with E-state index in [1.807, 2.05) is 0 Å². The summed E-state index contributed by atoms with van der Waals surface area (Å²) in [5, 5.41) is 0.311. The average molecular weight is 310 g/mol. The van der Waals surface area contributed by atoms with Crippen LogP contribution in [0.5, 0.6) is 0 Å². The van der Waals surface area contributed by atoms with Gasteiger partial charge in [-0.25, -0.2) is 0 Å². The highest BCUT2D eigenvalue weighted by molar-refractivity contribution is 6.28. The van der Waals surface area contributed by atoms with E-state index in [9.17, 15) is 0 Å². The third-order valence-electron chi connectivity index (χ3n) is 4.62. The summed E-state index contributed by atoms with van der Waals surface area (Å²) in [7, 11) is 0. The molecule has 3 rings (SSSR count). The van der Waals surface area contributed by atoms with E-state index in [4.69, 9.17) is 11.6 Å². The van der Waals surface area contributed by atoms with Crippen LogP contribution in [0.1, 0.15) is 46.0 Å². The molecule has 21 heavy (non-hydrogen) atoms. The van der Waals surface area contributed by atoms with E-state index in [1.165, 1.54) is 19.3 Å². The lowest BCUT2D eigenvalue weighted by atomic mass is 9.83. The Labute approximate surface area is 131 Å². The molecule has 0 spiro atoms. The lowest BCUT2D eigenvalue weighted by Crippen LogP contribution is -2.39. The maximum atomic E-state index is 6.13. The van der Waals surface area contributed by atoms with Crippen LogP contribution in [0.3, 0.4) is 0 Å². The summed E-state index contributed by atoms with van der Waals surface area (Å²) in [6, 6.07) is 0. The fourth-order valence-corrected chi connectivity index (χ4v) is 3.17. The van der Waals surface area contributed by atoms with Crippen molar-refractivity contribution in [3.05, 3.63) is 5.28 Å². The average Bonchev–Trinajstić information content (AvgIpc) is 2.47. The number of piperidine rings is 2. The van der Waals surface area contributed by atoms with Gasteiger partial charge in [0, 0.05) is 26.2 Å². The predicted molar refractivity (Wildman–Crippen MR) is 86.1 cm³/mol. The lowest BCUT2D eigenvalue weighted by Gasteiger charge is -2.37. The van der Waals surface area contributed by atoms with Gasteiger partial charge in [0.05, 0.1) is 0 Å². The van der Waals surface area contributed by atoms with Crippen molar-refractivity contribution in [2.75, 3.05) is 36.0 Å². The van der Waals surface area contributed by atoms with E-state index in [0.717, 1.165) is 50.9 Å². The van der Waals surface area contributed by atoms with Crippen LogP contribution in [-0.2, 0) is 0 Å². The first-order valence-electron chi connectivity index (χ1n) is 7.95. The molecule has 6 heteroatoms. The second kappa shape index (κ2) is 5.95. The maximum Gasteiger partial charge on any atom is 0.231 e. The summed E-state index contributed by atoms with van der Waals surface area (Å²) in [6.45, 7) is 8.67. The van der Waals surface area contributed by atoms with Gasteiger partial charge in [-0.15, -0.1) is 0 Å². The molecule has 0 aromatic carbocycles. The highest BCUT2D eigenvalue weighted by Gasteiger charge is 2.27. The Morgan fingerprint density at radius 1 is 0.810 bits per heavy atom. The molecule has 2 aliphatic heterocycles. The largest absolute Gasteiger partial charge is 0.341 e. The van der Waals surface area contributed by atoms with Crippen molar-refractivity contribution >= 4 is 23.5 Å². The molecule has 1 aromatic heterocycles. The number of aromatic nitrogens is 3. The van der Waals surface area contributed by atoms with Crippen molar-refractivity contribution in [1.29, 1.82) is 0 Å². The van der Waals surface area contributed by atoms with Crippen LogP contribution in [0.25, 0.3) is 0 Å². The normalized spacial score (nSPS) is 22.4. The van der Waals surface area contributed by atoms with Crippen LogP contribution in [0.4, 0.5) is 11.9 Å². The molecule has 0 radical (unpaired) electrons. The Morgan fingerprint density at radius 3 is 1.90 bits per heavy atom. The molecule has 0 unspecified atom stereocenters. The summed E-state index contributed by atoms with van der Waals surface area (Å²) in [5.41, 5.74) is 0.420. The number of hydrogen-bond acceptors (Lipinski definition) is 5. The van der Waals surface area contributed by atoms with Crippen LogP contribution in [-0.4, -0.2) is 41.1 Å². The fourth-order valence-electron chi connectivity index (χ4n) is 3.02. The molecule has 0 amide bonds. The molecule has 5 nitrogen and oxygen atoms in total. The Hall–Kier alpha value is -1.10. The van der Waals surface area contributed by atoms with Gasteiger partial charge in [0.25, 0.3) is 0 Å². The van der Waals surface area contributed by atoms with Gasteiger partial charge in [0.2, 0.25) is 17.2 Å². The van der Waals surface area contributed by atoms with Gasteiger partial charge in [-0.3, -0.25) is 0 Å². The van der Waals surface area contributed by atoms with E-state index >= 15 is 0 Å². The quantitative estimate of drug-likeness (QED) is 0.840. The van der Waals surface area contributed by atoms with Gasteiger partial charge >= 0.3 is 0 Å². The minimum absolute atomic E-state index is 0.311. The van der Waals surface area contributed by atoms with Crippen molar-refractivity contribution in [2.45, 2.75) is 46.0 Å². The Kier molecular flexibility index (Phi) is 4.20. The summed E-state index contributed by atoms with van der Waals surface area (Å²) < 4.78 is 0. The molecule has 0 bridgehead atoms. The van der Waals surface area contributed by atoms with Gasteiger partial charge in [-0.05, 0) is 49.1 Å². The third kappa shape index (κ3) is 3.57. The minimum Gasteiger partial charge on any atom is -0.341 e. The van der Waals surface area contributed by atoms with E-state index < -0.39 is 0 Å². The van der Waals surface area contributed by atoms with Gasteiger partial charge in [-0.1, -0.05) is 13.8 Å². The lowest BCUT2D eigenvalue weighted by molar-refractivity contribution is 0.278. The predicted octanol–water partition coefficient (Wildman–Crippen LogP) is 3.14. The number of hydrogen-bond donors (Lipinski definition) is 0. The zero-order valence-electron chi connectivity index (χ0n) is 13.0. The number of nitrogens with zero attached hydrogens (tertiary/aromatic N) is 5. The second-order valence-electron chi connectivity index (χ2n) is 6.90. The Balaban J connectivity index is 1.78. The van der Waals surface area contributed by atoms with Crippen molar-refractivity contribution < 1.29 is 0 Å². The smallest absolute Gasteiger partial charge is 0.231 e. The first-order valence-corrected chi connectivity index (χ1v) is 8.33. The summed E-state index contributed by atoms with van der Waals surface area (Å²) in [5.74, 6) is 1.49. The van der Waals surface area contributed by atoms with Crippen molar-refractivity contribution in [1.82, 2.24) is 15.0 Å². The van der Waals surface area contributed by atoms with Crippen LogP contribution < -0.4 is 9.80 Å². The maximum absolute atomic E-state index is 6.13. The first kappa shape index (κ1) is 14.8. The standard InChI is InChI=1S/C15H24ClN5/c1-15(2)6-10-21(11-7-15)14-18-12(16)17-13(19-14)20-8-4-3-5-9-20/h3-11H2,1-2H3. The molecule has 0 aliphatic carbocycles. The van der Waals surface area contributed by atoms with E-state index in [-0.39, 0.29) is 0 Å². The SMILES string of the molecule is CC1(C)CCN(c2nc(Cl)nc(N3CCCCC3)n2)CC1. The second-order valence-corrected chi connectivity index (χ2v) is 7.24. The highest BCUT2D eigenvalue weighted by atomic mass is 35.5. The van der Waals surface area contributed by atoms with Gasteiger partial charge in [0.15, 0.2) is 0 Å². The summed E-state index contributed by atoms with van der Waals surface area (Å²) in [4.78, 5) is 17.8. The van der Waals surface area contributed by atoms with Crippen LogP contribution >= 0.6 is 11.6 Å². The zero-order chi connectivity index (χ0) is 14.9. The first-order chi connectivity index (χ1) is 10.0. The molecule has 0 saturated carbocycles. The third-order valence-corrected chi connectivity index (χ3v) is 4.79. The Morgan fingerprint density at radius 2 is 1.33 bits per heavy atom. The molecular formula is C15H24ClN5. The Bertz CT molecular complexity index is 489. The summed E-state index contributed by atoms with van der Waals surface area (Å²) in [6.07, 6.45) is 6.03. The molecule has 0 N–H and O–H groups in total. The molecular weight excluding hydrogens is 286 g/mol. The summed E-state index contributed by atoms with van der Waals surface area (Å²) >= 11 is 6.13. The highest BCUT2D eigenvalue weighted by Crippen LogP contribution is 2.31. The molecule has 1 aromatic rings. The monoisotopic (exact) mass is 309 g/mol. The van der Waals surface area contributed by atoms with Crippen LogP contribution in [0.2, 0.25) is 5.28 Å². The topological polar surface area (TPSA) is 45.2 Å². The zero-order valence-corrected chi connectivity index (χ0v) is 13.7. The molecule has 3 heterocycles. The molecule has 2 fully saturated rings. The minimum atomic E-state index is 0.311. The van der Waals surface area contributed by atoms with Crippen molar-refractivity contribution in [3.63, 3.8) is 0 Å². The van der Waals surface area contributed by atoms with E-state index in [0.29, 0.717) is 10.7 Å². The molecule has 0 atom stereocenters. The van der Waals surface area contributed by atoms with Gasteiger partial charge in [-0.2, -0.15) is 15.0 Å². The molecule has 116 valence electrons. The number of anilines is 2. The number of rotatable bonds is 2. The molecule has 2 saturated heterocycles. The van der Waals surface area contributed by atoms with E-state index in [2.05, 4.69) is 38.6 Å². The van der Waals surface area contributed by atoms with E-state index in [1.54, 1.807) is 0 Å². The fraction of sp³-hybridized carbons (Fsp3) is 0.800. The van der Waals surface area contributed by atoms with Crippen LogP contribution in [0, 0.1) is 5.41 Å². The molecule has 2 aliphatic rings. The van der Waals surface area contributed by atoms with Crippen molar-refractivity contribution in [2.24, 2.45) is 5.41 Å². The van der Waals surface area contributed by atoms with Crippen LogP contribution in [0.15, 0.2) is 0 Å².